The first-order valence-electron chi connectivity index (χ1n) is 5.35. The fourth-order valence-corrected chi connectivity index (χ4v) is 4.05. The van der Waals surface area contributed by atoms with Crippen LogP contribution in [0.1, 0.15) is 16.5 Å². The summed E-state index contributed by atoms with van der Waals surface area (Å²) in [6, 6.07) is 11.1. The fraction of sp³-hybridized carbons (Fsp3) is 0.231. The van der Waals surface area contributed by atoms with Gasteiger partial charge in [0.05, 0.1) is 0 Å². The van der Waals surface area contributed by atoms with Gasteiger partial charge < -0.3 is 5.32 Å². The third-order valence-electron chi connectivity index (χ3n) is 2.66. The Labute approximate surface area is 128 Å². The smallest absolute Gasteiger partial charge is 0.0376 e. The molecule has 0 aliphatic carbocycles. The lowest BCUT2D eigenvalue weighted by Crippen LogP contribution is -2.19. The molecule has 90 valence electrons. The van der Waals surface area contributed by atoms with Gasteiger partial charge >= 0.3 is 0 Å². The minimum Gasteiger partial charge on any atom is -0.313 e. The molecule has 0 spiro atoms. The van der Waals surface area contributed by atoms with Crippen molar-refractivity contribution in [1.82, 2.24) is 5.32 Å². The van der Waals surface area contributed by atoms with Crippen LogP contribution >= 0.6 is 49.9 Å². The third kappa shape index (κ3) is 3.53. The second kappa shape index (κ2) is 6.31. The Morgan fingerprint density at radius 2 is 2.18 bits per heavy atom. The zero-order valence-corrected chi connectivity index (χ0v) is 14.0. The zero-order chi connectivity index (χ0) is 12.3. The van der Waals surface area contributed by atoms with Crippen molar-refractivity contribution >= 4 is 49.9 Å². The van der Waals surface area contributed by atoms with Gasteiger partial charge in [-0.15, -0.1) is 11.3 Å². The molecule has 0 aliphatic heterocycles. The van der Waals surface area contributed by atoms with Gasteiger partial charge in [0.25, 0.3) is 0 Å². The lowest BCUT2D eigenvalue weighted by atomic mass is 10.0. The van der Waals surface area contributed by atoms with Gasteiger partial charge in [-0.25, -0.2) is 0 Å². The van der Waals surface area contributed by atoms with Crippen molar-refractivity contribution in [3.8, 4) is 0 Å². The van der Waals surface area contributed by atoms with Gasteiger partial charge in [0.15, 0.2) is 0 Å². The predicted molar refractivity (Wildman–Crippen MR) is 86.7 cm³/mol. The molecule has 1 aromatic carbocycles. The second-order valence-electron chi connectivity index (χ2n) is 3.80. The third-order valence-corrected chi connectivity index (χ3v) is 5.36. The Morgan fingerprint density at radius 3 is 2.76 bits per heavy atom. The molecule has 1 atom stereocenters. The molecule has 0 fully saturated rings. The molecule has 1 unspecified atom stereocenters. The number of hydrogen-bond donors (Lipinski definition) is 1. The van der Waals surface area contributed by atoms with Crippen LogP contribution in [0.25, 0.3) is 0 Å². The molecule has 0 amide bonds. The molecule has 0 aliphatic rings. The van der Waals surface area contributed by atoms with E-state index in [4.69, 9.17) is 0 Å². The van der Waals surface area contributed by atoms with E-state index in [-0.39, 0.29) is 0 Å². The average molecular weight is 422 g/mol. The Kier molecular flexibility index (Phi) is 5.02. The number of nitrogens with one attached hydrogen (secondary N) is 1. The van der Waals surface area contributed by atoms with Crippen LogP contribution in [0, 0.1) is 3.57 Å². The van der Waals surface area contributed by atoms with Crippen molar-refractivity contribution in [3.05, 3.63) is 54.2 Å². The van der Waals surface area contributed by atoms with E-state index in [2.05, 4.69) is 79.5 Å². The molecule has 0 saturated carbocycles. The van der Waals surface area contributed by atoms with Crippen molar-refractivity contribution in [2.24, 2.45) is 0 Å². The fourth-order valence-electron chi connectivity index (χ4n) is 1.79. The van der Waals surface area contributed by atoms with E-state index in [1.807, 2.05) is 7.05 Å². The minimum absolute atomic E-state index is 0.383. The van der Waals surface area contributed by atoms with Crippen LogP contribution in [0.5, 0.6) is 0 Å². The lowest BCUT2D eigenvalue weighted by molar-refractivity contribution is 0.594. The summed E-state index contributed by atoms with van der Waals surface area (Å²) in [6.45, 7) is 0. The molecule has 4 heteroatoms. The van der Waals surface area contributed by atoms with Crippen molar-refractivity contribution in [2.45, 2.75) is 12.5 Å². The Hall–Kier alpha value is 0.0900. The van der Waals surface area contributed by atoms with Crippen molar-refractivity contribution in [3.63, 3.8) is 0 Å². The van der Waals surface area contributed by atoms with Gasteiger partial charge in [-0.1, -0.05) is 18.2 Å². The first-order valence-corrected chi connectivity index (χ1v) is 8.10. The predicted octanol–water partition coefficient (Wildman–Crippen LogP) is 4.62. The highest BCUT2D eigenvalue weighted by Crippen LogP contribution is 2.27. The molecule has 1 nitrogen and oxygen atoms in total. The molecule has 1 aromatic heterocycles. The highest BCUT2D eigenvalue weighted by molar-refractivity contribution is 14.1. The largest absolute Gasteiger partial charge is 0.313 e. The molecular weight excluding hydrogens is 409 g/mol. The van der Waals surface area contributed by atoms with Gasteiger partial charge in [-0.2, -0.15) is 0 Å². The van der Waals surface area contributed by atoms with E-state index in [1.54, 1.807) is 11.3 Å². The van der Waals surface area contributed by atoms with Gasteiger partial charge in [0, 0.05) is 30.8 Å². The summed E-state index contributed by atoms with van der Waals surface area (Å²) in [4.78, 5) is 1.40. The van der Waals surface area contributed by atoms with Crippen LogP contribution in [0.15, 0.2) is 40.2 Å². The first-order chi connectivity index (χ1) is 8.20. The number of thiophene rings is 1. The quantitative estimate of drug-likeness (QED) is 0.710. The number of benzene rings is 1. The van der Waals surface area contributed by atoms with Gasteiger partial charge in [-0.3, -0.25) is 0 Å². The van der Waals surface area contributed by atoms with Crippen LogP contribution in [-0.2, 0) is 6.42 Å². The number of halogens is 2. The maximum atomic E-state index is 3.50. The summed E-state index contributed by atoms with van der Waals surface area (Å²) in [5, 5.41) is 5.54. The van der Waals surface area contributed by atoms with Crippen LogP contribution < -0.4 is 5.32 Å². The molecular formula is C13H13BrINS. The van der Waals surface area contributed by atoms with Crippen molar-refractivity contribution in [1.29, 1.82) is 0 Å². The summed E-state index contributed by atoms with van der Waals surface area (Å²) in [7, 11) is 2.02. The van der Waals surface area contributed by atoms with Crippen LogP contribution in [0.2, 0.25) is 0 Å². The van der Waals surface area contributed by atoms with Gasteiger partial charge in [-0.05, 0) is 63.3 Å². The van der Waals surface area contributed by atoms with Crippen molar-refractivity contribution < 1.29 is 0 Å². The summed E-state index contributed by atoms with van der Waals surface area (Å²) < 4.78 is 2.50. The van der Waals surface area contributed by atoms with E-state index in [1.165, 1.54) is 18.5 Å². The first kappa shape index (κ1) is 13.5. The van der Waals surface area contributed by atoms with Gasteiger partial charge in [0.1, 0.15) is 0 Å². The minimum atomic E-state index is 0.383. The number of likely N-dealkylation sites (N-methyl/N-ethyl adjacent to an activating group) is 1. The summed E-state index contributed by atoms with van der Waals surface area (Å²) in [5.41, 5.74) is 1.38. The molecule has 2 rings (SSSR count). The van der Waals surface area contributed by atoms with Gasteiger partial charge in [0.2, 0.25) is 0 Å². The van der Waals surface area contributed by atoms with Crippen molar-refractivity contribution in [2.75, 3.05) is 7.05 Å². The average Bonchev–Trinajstić information content (AvgIpc) is 2.73. The lowest BCUT2D eigenvalue weighted by Gasteiger charge is -2.17. The molecule has 2 aromatic rings. The van der Waals surface area contributed by atoms with Crippen LogP contribution in [0.3, 0.4) is 0 Å². The highest BCUT2D eigenvalue weighted by Gasteiger charge is 2.13. The molecule has 1 N–H and O–H groups in total. The molecule has 0 radical (unpaired) electrons. The molecule has 0 saturated heterocycles. The zero-order valence-electron chi connectivity index (χ0n) is 9.41. The standard InChI is InChI=1S/C13H13BrINS/c1-16-13(7-10-6-9(14)8-17-10)11-4-2-3-5-12(11)15/h2-6,8,13,16H,7H2,1H3. The number of rotatable bonds is 4. The highest BCUT2D eigenvalue weighted by atomic mass is 127. The van der Waals surface area contributed by atoms with E-state index in [0.29, 0.717) is 6.04 Å². The topological polar surface area (TPSA) is 12.0 Å². The van der Waals surface area contributed by atoms with E-state index < -0.39 is 0 Å². The van der Waals surface area contributed by atoms with Crippen LogP contribution in [0.4, 0.5) is 0 Å². The Bertz CT molecular complexity index is 498. The SMILES string of the molecule is CNC(Cc1cc(Br)cs1)c1ccccc1I. The maximum absolute atomic E-state index is 3.50. The molecule has 0 bridgehead atoms. The summed E-state index contributed by atoms with van der Waals surface area (Å²) in [6.07, 6.45) is 1.03. The second-order valence-corrected chi connectivity index (χ2v) is 6.87. The van der Waals surface area contributed by atoms with E-state index in [0.717, 1.165) is 6.42 Å². The van der Waals surface area contributed by atoms with E-state index >= 15 is 0 Å². The normalized spacial score (nSPS) is 12.6. The Morgan fingerprint density at radius 1 is 1.41 bits per heavy atom. The molecule has 17 heavy (non-hydrogen) atoms. The maximum Gasteiger partial charge on any atom is 0.0376 e. The van der Waals surface area contributed by atoms with Crippen LogP contribution in [-0.4, -0.2) is 7.05 Å². The molecule has 1 heterocycles. The summed E-state index contributed by atoms with van der Waals surface area (Å²) >= 11 is 7.71. The Balaban J connectivity index is 2.20. The number of hydrogen-bond acceptors (Lipinski definition) is 2. The van der Waals surface area contributed by atoms with E-state index in [9.17, 15) is 0 Å². The summed E-state index contributed by atoms with van der Waals surface area (Å²) in [5.74, 6) is 0. The monoisotopic (exact) mass is 421 g/mol.